The van der Waals surface area contributed by atoms with Crippen molar-refractivity contribution in [1.29, 1.82) is 0 Å². The van der Waals surface area contributed by atoms with Crippen LogP contribution in [0.15, 0.2) is 351 Å². The molecule has 15 rings (SSSR count). The Bertz CT molecular complexity index is 4310. The van der Waals surface area contributed by atoms with Crippen molar-refractivity contribution in [3.8, 4) is 11.1 Å². The summed E-state index contributed by atoms with van der Waals surface area (Å²) in [6.07, 6.45) is 19.7. The van der Waals surface area contributed by atoms with Crippen LogP contribution >= 0.6 is 0 Å². The van der Waals surface area contributed by atoms with Gasteiger partial charge in [-0.05, 0) is 235 Å². The minimum atomic E-state index is 0.0388. The van der Waals surface area contributed by atoms with Crippen molar-refractivity contribution in [2.75, 3.05) is 24.5 Å². The van der Waals surface area contributed by atoms with E-state index in [1.807, 2.05) is 0 Å². The number of nitrogens with zero attached hydrogens (tertiary/aromatic N) is 5. The molecular weight excluding hydrogens is 1080 g/mol. The predicted molar refractivity (Wildman–Crippen MR) is 375 cm³/mol. The molecule has 3 atom stereocenters. The molecule has 0 saturated carbocycles. The number of anilines is 12. The lowest BCUT2D eigenvalue weighted by molar-refractivity contribution is 0.502. The largest absolute Gasteiger partial charge is 0.341 e. The molecule has 0 aromatic heterocycles. The van der Waals surface area contributed by atoms with Gasteiger partial charge in [0.05, 0.1) is 6.04 Å². The maximum atomic E-state index is 2.69. The van der Waals surface area contributed by atoms with Crippen LogP contribution < -0.4 is 24.5 Å². The zero-order valence-corrected chi connectivity index (χ0v) is 49.8. The van der Waals surface area contributed by atoms with Crippen LogP contribution in [0.4, 0.5) is 68.2 Å². The lowest BCUT2D eigenvalue weighted by Crippen LogP contribution is -2.35. The molecule has 5 nitrogen and oxygen atoms in total. The topological polar surface area (TPSA) is 16.2 Å². The van der Waals surface area contributed by atoms with Crippen molar-refractivity contribution in [3.63, 3.8) is 0 Å². The van der Waals surface area contributed by atoms with Crippen LogP contribution in [-0.2, 0) is 0 Å². The summed E-state index contributed by atoms with van der Waals surface area (Å²) in [5.41, 5.74) is 24.0. The van der Waals surface area contributed by atoms with Crippen LogP contribution in [0.5, 0.6) is 0 Å². The minimum absolute atomic E-state index is 0.0388. The van der Waals surface area contributed by atoms with Crippen LogP contribution in [0, 0.1) is 5.92 Å². The highest BCUT2D eigenvalue weighted by Gasteiger charge is 2.42. The first-order valence-electron chi connectivity index (χ1n) is 31.4. The van der Waals surface area contributed by atoms with Crippen molar-refractivity contribution in [2.45, 2.75) is 44.2 Å². The van der Waals surface area contributed by atoms with E-state index in [1.165, 1.54) is 44.8 Å². The van der Waals surface area contributed by atoms with Gasteiger partial charge in [-0.25, -0.2) is 0 Å². The van der Waals surface area contributed by atoms with E-state index in [4.69, 9.17) is 0 Å². The molecule has 11 aromatic carbocycles. The SMILES string of the molecule is C1=CC2=C(CC1)N(c1ccccc1)C1CC=C(c3cc(C4=CC(N(c5ccccc5)c5ccc(N(c6ccccc6)c6ccccc6)cc5)CC=C4)cc(-c4cccc(N(c5ccccc5)c5ccc(N(c6ccccc6)c6ccccc6)cc5)c4)c3)CC21. The minimum Gasteiger partial charge on any atom is -0.341 e. The van der Waals surface area contributed by atoms with Gasteiger partial charge in [-0.3, -0.25) is 0 Å². The molecule has 3 unspecified atom stereocenters. The quantitative estimate of drug-likeness (QED) is 0.0956. The fraction of sp³-hybridized carbons (Fsp3) is 0.0952. The van der Waals surface area contributed by atoms with Gasteiger partial charge in [-0.15, -0.1) is 0 Å². The fourth-order valence-corrected chi connectivity index (χ4v) is 14.0. The molecule has 0 spiro atoms. The Morgan fingerprint density at radius 1 is 0.337 bits per heavy atom. The predicted octanol–water partition coefficient (Wildman–Crippen LogP) is 22.6. The molecule has 11 aromatic rings. The van der Waals surface area contributed by atoms with Crippen molar-refractivity contribution in [2.24, 2.45) is 5.92 Å². The van der Waals surface area contributed by atoms with Gasteiger partial charge < -0.3 is 24.5 Å². The van der Waals surface area contributed by atoms with Gasteiger partial charge in [0.25, 0.3) is 0 Å². The lowest BCUT2D eigenvalue weighted by Gasteiger charge is -2.35. The monoisotopic (exact) mass is 1150 g/mol. The number of fused-ring (bicyclic) bond motifs is 2. The van der Waals surface area contributed by atoms with Crippen molar-refractivity contribution in [1.82, 2.24) is 0 Å². The molecule has 5 heteroatoms. The lowest BCUT2D eigenvalue weighted by atomic mass is 9.78. The third-order valence-corrected chi connectivity index (χ3v) is 18.1. The molecule has 0 saturated heterocycles. The highest BCUT2D eigenvalue weighted by molar-refractivity contribution is 5.88. The molecule has 0 amide bonds. The van der Waals surface area contributed by atoms with Crippen LogP contribution in [-0.4, -0.2) is 12.1 Å². The Labute approximate surface area is 524 Å². The molecule has 0 radical (unpaired) electrons. The maximum Gasteiger partial charge on any atom is 0.0565 e. The van der Waals surface area contributed by atoms with E-state index in [-0.39, 0.29) is 6.04 Å². The standard InChI is InChI=1S/C84H69N5/c1-8-28-68(29-9-1)85(69-30-10-2-11-31-69)75-47-51-77(52-48-75)87(72-36-16-5-17-37-72)79-42-24-26-62(59-79)65-56-66(58-67(57-65)64-46-55-84-82(61-64)81-44-22-23-45-83(81)89(84)74-40-20-7-21-41-74)63-27-25-43-80(60-63)88(73-38-18-6-19-39-73)78-53-49-76(50-54-78)86(70-32-12-3-13-33-70)71-34-14-4-15-35-71/h1-22,24-42,44,46-54,56-60,80,82,84H,23,43,45,55,61H2. The summed E-state index contributed by atoms with van der Waals surface area (Å²) in [7, 11) is 0. The molecule has 430 valence electrons. The molecule has 1 aliphatic heterocycles. The highest BCUT2D eigenvalue weighted by Crippen LogP contribution is 2.51. The molecule has 3 aliphatic carbocycles. The number of allylic oxidation sites excluding steroid dienone is 6. The zero-order valence-electron chi connectivity index (χ0n) is 49.8. The number of rotatable bonds is 16. The second-order valence-corrected chi connectivity index (χ2v) is 23.5. The van der Waals surface area contributed by atoms with E-state index >= 15 is 0 Å². The van der Waals surface area contributed by atoms with Gasteiger partial charge in [-0.2, -0.15) is 0 Å². The first-order chi connectivity index (χ1) is 44.1. The van der Waals surface area contributed by atoms with E-state index < -0.39 is 0 Å². The van der Waals surface area contributed by atoms with Crippen LogP contribution in [0.2, 0.25) is 0 Å². The maximum absolute atomic E-state index is 2.69. The Morgan fingerprint density at radius 2 is 0.764 bits per heavy atom. The summed E-state index contributed by atoms with van der Waals surface area (Å²) in [4.78, 5) is 12.2. The Balaban J connectivity index is 0.824. The highest BCUT2D eigenvalue weighted by atomic mass is 15.2. The van der Waals surface area contributed by atoms with Gasteiger partial charge in [0.2, 0.25) is 0 Å². The second-order valence-electron chi connectivity index (χ2n) is 23.5. The van der Waals surface area contributed by atoms with Crippen molar-refractivity contribution >= 4 is 79.4 Å². The van der Waals surface area contributed by atoms with Gasteiger partial charge in [0, 0.05) is 85.9 Å². The van der Waals surface area contributed by atoms with Gasteiger partial charge in [-0.1, -0.05) is 176 Å². The van der Waals surface area contributed by atoms with Gasteiger partial charge in [0.1, 0.15) is 0 Å². The Morgan fingerprint density at radius 3 is 1.29 bits per heavy atom. The Kier molecular flexibility index (Phi) is 15.3. The molecule has 1 heterocycles. The average molecular weight is 1150 g/mol. The van der Waals surface area contributed by atoms with Crippen molar-refractivity contribution in [3.05, 3.63) is 362 Å². The first-order valence-corrected chi connectivity index (χ1v) is 31.4. The third-order valence-electron chi connectivity index (χ3n) is 18.1. The molecule has 4 aliphatic rings. The fourth-order valence-electron chi connectivity index (χ4n) is 14.0. The van der Waals surface area contributed by atoms with Crippen LogP contribution in [0.3, 0.4) is 0 Å². The Hall–Kier alpha value is -10.9. The second kappa shape index (κ2) is 24.8. The van der Waals surface area contributed by atoms with E-state index in [0.29, 0.717) is 12.0 Å². The van der Waals surface area contributed by atoms with Crippen LogP contribution in [0.1, 0.15) is 43.2 Å². The van der Waals surface area contributed by atoms with Crippen LogP contribution in [0.25, 0.3) is 22.3 Å². The third kappa shape index (κ3) is 11.2. The molecular formula is C84H69N5. The molecule has 0 bridgehead atoms. The average Bonchev–Trinajstić information content (AvgIpc) is 2.08. The first kappa shape index (κ1) is 54.8. The summed E-state index contributed by atoms with van der Waals surface area (Å²) < 4.78 is 0. The summed E-state index contributed by atoms with van der Waals surface area (Å²) >= 11 is 0. The zero-order chi connectivity index (χ0) is 59.3. The molecule has 0 fully saturated rings. The molecule has 0 N–H and O–H groups in total. The van der Waals surface area contributed by atoms with E-state index in [2.05, 4.69) is 364 Å². The normalized spacial score (nSPS) is 16.6. The molecule has 89 heavy (non-hydrogen) atoms. The summed E-state index contributed by atoms with van der Waals surface area (Å²) in [5, 5.41) is 0. The summed E-state index contributed by atoms with van der Waals surface area (Å²) in [6.45, 7) is 0. The summed E-state index contributed by atoms with van der Waals surface area (Å²) in [5.74, 6) is 0.395. The van der Waals surface area contributed by atoms with Gasteiger partial charge in [0.15, 0.2) is 0 Å². The van der Waals surface area contributed by atoms with E-state index in [9.17, 15) is 0 Å². The van der Waals surface area contributed by atoms with Crippen molar-refractivity contribution < 1.29 is 0 Å². The van der Waals surface area contributed by atoms with E-state index in [0.717, 1.165) is 100 Å². The number of benzene rings is 11. The number of para-hydroxylation sites is 7. The summed E-state index contributed by atoms with van der Waals surface area (Å²) in [6, 6.07) is 111. The van der Waals surface area contributed by atoms with E-state index in [1.54, 1.807) is 0 Å². The number of hydrogen-bond donors (Lipinski definition) is 0. The number of hydrogen-bond acceptors (Lipinski definition) is 5. The smallest absolute Gasteiger partial charge is 0.0565 e. The van der Waals surface area contributed by atoms with Gasteiger partial charge >= 0.3 is 0 Å².